The molecule has 1 saturated carbocycles. The van der Waals surface area contributed by atoms with Gasteiger partial charge < -0.3 is 29.7 Å². The number of nitrogens with one attached hydrogen (secondary N) is 2. The minimum atomic E-state index is -0.452. The predicted molar refractivity (Wildman–Crippen MR) is 195 cm³/mol. The van der Waals surface area contributed by atoms with E-state index in [2.05, 4.69) is 64.2 Å². The first kappa shape index (κ1) is 33.8. The number of carbonyl (C=O) groups is 2. The van der Waals surface area contributed by atoms with Crippen LogP contribution in [0, 0.1) is 5.92 Å². The molecule has 0 atom stereocenters. The number of fused-ring (bicyclic) bond motifs is 1. The Balaban J connectivity index is 0.865. The van der Waals surface area contributed by atoms with Gasteiger partial charge in [-0.2, -0.15) is 0 Å². The molecule has 264 valence electrons. The van der Waals surface area contributed by atoms with Crippen LogP contribution in [0.4, 0.5) is 22.0 Å². The van der Waals surface area contributed by atoms with E-state index in [1.807, 2.05) is 62.3 Å². The summed E-state index contributed by atoms with van der Waals surface area (Å²) < 4.78 is 7.67. The number of aromatic nitrogens is 4. The molecule has 2 amide bonds. The predicted octanol–water partition coefficient (Wildman–Crippen LogP) is 5.40. The number of rotatable bonds is 9. The zero-order valence-corrected chi connectivity index (χ0v) is 29.4. The molecule has 7 rings (SSSR count). The van der Waals surface area contributed by atoms with Crippen LogP contribution in [0.1, 0.15) is 58.1 Å². The average molecular weight is 680 g/mol. The lowest BCUT2D eigenvalue weighted by Gasteiger charge is -2.39. The maximum atomic E-state index is 12.5. The molecular formula is C38H49N9O3. The molecule has 0 bridgehead atoms. The van der Waals surface area contributed by atoms with E-state index in [0.29, 0.717) is 18.2 Å². The number of hydrogen-bond donors (Lipinski definition) is 2. The molecular weight excluding hydrogens is 630 g/mol. The van der Waals surface area contributed by atoms with Crippen molar-refractivity contribution in [2.75, 3.05) is 56.0 Å². The maximum Gasteiger partial charge on any atom is 0.410 e. The highest BCUT2D eigenvalue weighted by Crippen LogP contribution is 2.35. The third-order valence-corrected chi connectivity index (χ3v) is 10.1. The van der Waals surface area contributed by atoms with Crippen LogP contribution < -0.4 is 15.5 Å². The Hall–Kier alpha value is -4.71. The monoisotopic (exact) mass is 679 g/mol. The highest BCUT2D eigenvalue weighted by Gasteiger charge is 2.33. The summed E-state index contributed by atoms with van der Waals surface area (Å²) in [5.74, 6) is 1.36. The number of amides is 2. The summed E-state index contributed by atoms with van der Waals surface area (Å²) in [7, 11) is 0. The lowest BCUT2D eigenvalue weighted by atomic mass is 9.86. The normalized spacial score (nSPS) is 20.4. The molecule has 0 spiro atoms. The Bertz CT molecular complexity index is 1750. The van der Waals surface area contributed by atoms with E-state index in [0.717, 1.165) is 93.9 Å². The lowest BCUT2D eigenvalue weighted by Crippen LogP contribution is -2.49. The van der Waals surface area contributed by atoms with Crippen LogP contribution in [0.5, 0.6) is 0 Å². The highest BCUT2D eigenvalue weighted by molar-refractivity contribution is 5.85. The van der Waals surface area contributed by atoms with Crippen molar-refractivity contribution in [1.29, 1.82) is 0 Å². The van der Waals surface area contributed by atoms with Gasteiger partial charge >= 0.3 is 6.09 Å². The van der Waals surface area contributed by atoms with Gasteiger partial charge in [-0.3, -0.25) is 9.69 Å². The van der Waals surface area contributed by atoms with E-state index >= 15 is 0 Å². The summed E-state index contributed by atoms with van der Waals surface area (Å²) in [5, 5.41) is 6.62. The third kappa shape index (κ3) is 8.18. The van der Waals surface area contributed by atoms with Crippen LogP contribution in [0.2, 0.25) is 0 Å². The minimum Gasteiger partial charge on any atom is -0.444 e. The van der Waals surface area contributed by atoms with Crippen LogP contribution in [0.15, 0.2) is 67.3 Å². The first-order valence-electron chi connectivity index (χ1n) is 18.0. The fourth-order valence-electron chi connectivity index (χ4n) is 7.27. The average Bonchev–Trinajstić information content (AvgIpc) is 3.51. The molecule has 3 aliphatic rings. The van der Waals surface area contributed by atoms with Crippen LogP contribution >= 0.6 is 0 Å². The van der Waals surface area contributed by atoms with Crippen molar-refractivity contribution in [3.05, 3.63) is 72.8 Å². The Morgan fingerprint density at radius 3 is 2.30 bits per heavy atom. The zero-order chi connectivity index (χ0) is 34.7. The summed E-state index contributed by atoms with van der Waals surface area (Å²) >= 11 is 0. The Morgan fingerprint density at radius 1 is 0.880 bits per heavy atom. The van der Waals surface area contributed by atoms with Gasteiger partial charge in [0, 0.05) is 69.3 Å². The molecule has 0 radical (unpaired) electrons. The van der Waals surface area contributed by atoms with E-state index in [4.69, 9.17) is 4.74 Å². The smallest absolute Gasteiger partial charge is 0.410 e. The first-order chi connectivity index (χ1) is 24.2. The van der Waals surface area contributed by atoms with E-state index < -0.39 is 5.60 Å². The fraction of sp³-hybridized carbons (Fsp3) is 0.500. The molecule has 3 fully saturated rings. The standard InChI is InChI=1S/C38H49N9O3/c1-38(2,3)50-37(49)46-15-13-28(14-16-46)24-44-17-19-45(20-18-44)31-11-9-29(10-12-31)43-35-34-36(40-25-39-35)47(26-41-34)32-22-30(23-32)42-33(48)21-27-7-5-4-6-8-27/h4-12,25-26,28,30,32H,13-24H2,1-3H3,(H,42,48)(H,39,40,43). The van der Waals surface area contributed by atoms with E-state index in [-0.39, 0.29) is 24.1 Å². The van der Waals surface area contributed by atoms with Gasteiger partial charge in [-0.1, -0.05) is 30.3 Å². The van der Waals surface area contributed by atoms with Crippen molar-refractivity contribution in [2.24, 2.45) is 5.92 Å². The molecule has 2 aromatic carbocycles. The number of carbonyl (C=O) groups excluding carboxylic acids is 2. The zero-order valence-electron chi connectivity index (χ0n) is 29.4. The second kappa shape index (κ2) is 14.6. The van der Waals surface area contributed by atoms with Crippen molar-refractivity contribution >= 4 is 40.4 Å². The molecule has 2 N–H and O–H groups in total. The summed E-state index contributed by atoms with van der Waals surface area (Å²) in [6.07, 6.45) is 7.40. The van der Waals surface area contributed by atoms with Crippen molar-refractivity contribution in [3.63, 3.8) is 0 Å². The van der Waals surface area contributed by atoms with Gasteiger partial charge in [-0.05, 0) is 82.2 Å². The second-order valence-corrected chi connectivity index (χ2v) is 15.0. The number of benzene rings is 2. The molecule has 2 aliphatic heterocycles. The molecule has 0 unspecified atom stereocenters. The molecule has 12 heteroatoms. The summed E-state index contributed by atoms with van der Waals surface area (Å²) in [5.41, 5.74) is 4.27. The number of hydrogen-bond acceptors (Lipinski definition) is 9. The topological polar surface area (TPSA) is 121 Å². The molecule has 1 aliphatic carbocycles. The quantitative estimate of drug-likeness (QED) is 0.240. The minimum absolute atomic E-state index is 0.0580. The number of piperazine rings is 1. The second-order valence-electron chi connectivity index (χ2n) is 15.0. The SMILES string of the molecule is CC(C)(C)OC(=O)N1CCC(CN2CCN(c3ccc(Nc4ncnc5c4ncn5C4CC(NC(=O)Cc5ccccc5)C4)cc3)CC2)CC1. The summed E-state index contributed by atoms with van der Waals surface area (Å²) in [6.45, 7) is 12.5. The van der Waals surface area contributed by atoms with Crippen LogP contribution in [-0.4, -0.2) is 98.8 Å². The molecule has 4 aromatic rings. The van der Waals surface area contributed by atoms with Crippen molar-refractivity contribution in [2.45, 2.75) is 70.6 Å². The van der Waals surface area contributed by atoms with Crippen LogP contribution in [0.3, 0.4) is 0 Å². The number of ether oxygens (including phenoxy) is 1. The third-order valence-electron chi connectivity index (χ3n) is 10.1. The van der Waals surface area contributed by atoms with Crippen LogP contribution in [-0.2, 0) is 16.0 Å². The van der Waals surface area contributed by atoms with Gasteiger partial charge in [-0.15, -0.1) is 0 Å². The van der Waals surface area contributed by atoms with Gasteiger partial charge in [0.25, 0.3) is 0 Å². The van der Waals surface area contributed by atoms with Gasteiger partial charge in [-0.25, -0.2) is 19.7 Å². The Labute approximate surface area is 294 Å². The number of imidazole rings is 1. The van der Waals surface area contributed by atoms with Gasteiger partial charge in [0.1, 0.15) is 11.9 Å². The largest absolute Gasteiger partial charge is 0.444 e. The number of nitrogens with zero attached hydrogens (tertiary/aromatic N) is 7. The molecule has 4 heterocycles. The Morgan fingerprint density at radius 2 is 1.60 bits per heavy atom. The van der Waals surface area contributed by atoms with Crippen molar-refractivity contribution in [3.8, 4) is 0 Å². The van der Waals surface area contributed by atoms with E-state index in [9.17, 15) is 9.59 Å². The maximum absolute atomic E-state index is 12.5. The fourth-order valence-corrected chi connectivity index (χ4v) is 7.27. The van der Waals surface area contributed by atoms with Gasteiger partial charge in [0.2, 0.25) is 5.91 Å². The number of likely N-dealkylation sites (tertiary alicyclic amines) is 1. The Kier molecular flexibility index (Phi) is 9.89. The van der Waals surface area contributed by atoms with Crippen LogP contribution in [0.25, 0.3) is 11.2 Å². The number of piperidine rings is 1. The van der Waals surface area contributed by atoms with Crippen molar-refractivity contribution < 1.29 is 14.3 Å². The summed E-state index contributed by atoms with van der Waals surface area (Å²) in [4.78, 5) is 45.6. The van der Waals surface area contributed by atoms with Gasteiger partial charge in [0.05, 0.1) is 12.7 Å². The van der Waals surface area contributed by atoms with Crippen molar-refractivity contribution in [1.82, 2.24) is 34.6 Å². The lowest BCUT2D eigenvalue weighted by molar-refractivity contribution is -0.121. The molecule has 2 saturated heterocycles. The molecule has 50 heavy (non-hydrogen) atoms. The van der Waals surface area contributed by atoms with Gasteiger partial charge in [0.15, 0.2) is 17.0 Å². The summed E-state index contributed by atoms with van der Waals surface area (Å²) in [6, 6.07) is 18.8. The van der Waals surface area contributed by atoms with E-state index in [1.54, 1.807) is 6.33 Å². The molecule has 12 nitrogen and oxygen atoms in total. The molecule has 2 aromatic heterocycles. The van der Waals surface area contributed by atoms with E-state index in [1.165, 1.54) is 5.69 Å². The number of anilines is 3. The highest BCUT2D eigenvalue weighted by atomic mass is 16.6. The first-order valence-corrected chi connectivity index (χ1v) is 18.0.